The number of aromatic nitrogens is 2. The summed E-state index contributed by atoms with van der Waals surface area (Å²) in [5.74, 6) is 1.34. The number of oxime groups is 1. The molecule has 0 saturated carbocycles. The molecule has 1 atom stereocenters. The molecule has 2 aromatic rings. The van der Waals surface area contributed by atoms with E-state index in [0.717, 1.165) is 5.56 Å². The lowest BCUT2D eigenvalue weighted by molar-refractivity contribution is 0.0475. The van der Waals surface area contributed by atoms with Crippen molar-refractivity contribution in [1.29, 1.82) is 0 Å². The quantitative estimate of drug-likeness (QED) is 0.504. The minimum Gasteiger partial charge on any atom is -0.384 e. The summed E-state index contributed by atoms with van der Waals surface area (Å²) in [6, 6.07) is 9.81. The van der Waals surface area contributed by atoms with E-state index < -0.39 is 6.10 Å². The number of nitrogens with zero attached hydrogens (tertiary/aromatic N) is 3. The van der Waals surface area contributed by atoms with Crippen molar-refractivity contribution >= 4 is 5.84 Å². The maximum Gasteiger partial charge on any atom is 0.270 e. The van der Waals surface area contributed by atoms with Gasteiger partial charge in [-0.1, -0.05) is 40.6 Å². The van der Waals surface area contributed by atoms with Crippen LogP contribution in [0.1, 0.15) is 30.3 Å². The van der Waals surface area contributed by atoms with Crippen molar-refractivity contribution in [3.63, 3.8) is 0 Å². The van der Waals surface area contributed by atoms with E-state index in [1.165, 1.54) is 0 Å². The molecule has 1 aromatic heterocycles. The second-order valence-corrected chi connectivity index (χ2v) is 4.17. The van der Waals surface area contributed by atoms with Gasteiger partial charge in [0.05, 0.1) is 0 Å². The highest BCUT2D eigenvalue weighted by molar-refractivity contribution is 5.82. The lowest BCUT2D eigenvalue weighted by Crippen LogP contribution is -2.16. The Labute approximate surface area is 111 Å². The Hall–Kier alpha value is -2.37. The van der Waals surface area contributed by atoms with Crippen LogP contribution in [0, 0.1) is 6.92 Å². The summed E-state index contributed by atoms with van der Waals surface area (Å²) >= 11 is 0. The molecule has 0 amide bonds. The molecule has 0 fully saturated rings. The van der Waals surface area contributed by atoms with Gasteiger partial charge in [0.25, 0.3) is 5.89 Å². The standard InChI is InChI=1S/C13H16N4O2/c1-9(13-15-10(2)16-19-13)18-17-12(14)8-11-6-4-3-5-7-11/h3-7,9H,8H2,1-2H3,(H2,14,17)/t9-/m1/s1. The molecule has 6 heteroatoms. The Kier molecular flexibility index (Phi) is 4.12. The molecule has 19 heavy (non-hydrogen) atoms. The number of nitrogens with two attached hydrogens (primary N) is 1. The molecule has 1 heterocycles. The fourth-order valence-corrected chi connectivity index (χ4v) is 1.51. The molecule has 0 saturated heterocycles. The monoisotopic (exact) mass is 260 g/mol. The fourth-order valence-electron chi connectivity index (χ4n) is 1.51. The van der Waals surface area contributed by atoms with Crippen molar-refractivity contribution in [2.24, 2.45) is 10.9 Å². The second-order valence-electron chi connectivity index (χ2n) is 4.17. The lowest BCUT2D eigenvalue weighted by Gasteiger charge is -2.05. The van der Waals surface area contributed by atoms with Crippen molar-refractivity contribution in [2.45, 2.75) is 26.4 Å². The largest absolute Gasteiger partial charge is 0.384 e. The zero-order valence-electron chi connectivity index (χ0n) is 10.9. The molecule has 0 aliphatic rings. The Morgan fingerprint density at radius 2 is 2.16 bits per heavy atom. The van der Waals surface area contributed by atoms with Crippen LogP contribution in [0.15, 0.2) is 40.0 Å². The molecule has 2 N–H and O–H groups in total. The summed E-state index contributed by atoms with van der Waals surface area (Å²) in [6.45, 7) is 3.51. The molecular weight excluding hydrogens is 244 g/mol. The molecule has 100 valence electrons. The minimum atomic E-state index is -0.421. The first-order valence-electron chi connectivity index (χ1n) is 5.97. The molecule has 0 spiro atoms. The Balaban J connectivity index is 1.91. The zero-order valence-corrected chi connectivity index (χ0v) is 10.9. The second kappa shape index (κ2) is 5.99. The smallest absolute Gasteiger partial charge is 0.270 e. The number of amidine groups is 1. The highest BCUT2D eigenvalue weighted by Crippen LogP contribution is 2.14. The van der Waals surface area contributed by atoms with E-state index in [4.69, 9.17) is 15.1 Å². The molecule has 1 aromatic carbocycles. The van der Waals surface area contributed by atoms with E-state index in [0.29, 0.717) is 24.0 Å². The van der Waals surface area contributed by atoms with Gasteiger partial charge in [-0.3, -0.25) is 0 Å². The van der Waals surface area contributed by atoms with Gasteiger partial charge in [0.1, 0.15) is 5.84 Å². The van der Waals surface area contributed by atoms with Gasteiger partial charge in [0.2, 0.25) is 6.10 Å². The van der Waals surface area contributed by atoms with Crippen LogP contribution in [0.2, 0.25) is 0 Å². The van der Waals surface area contributed by atoms with Gasteiger partial charge in [-0.25, -0.2) is 0 Å². The van der Waals surface area contributed by atoms with Gasteiger partial charge in [-0.15, -0.1) is 0 Å². The maximum absolute atomic E-state index is 5.80. The summed E-state index contributed by atoms with van der Waals surface area (Å²) in [5, 5.41) is 7.56. The Morgan fingerprint density at radius 1 is 1.42 bits per heavy atom. The van der Waals surface area contributed by atoms with Crippen LogP contribution in [0.4, 0.5) is 0 Å². The summed E-state index contributed by atoms with van der Waals surface area (Å²) in [5.41, 5.74) is 6.87. The molecule has 0 radical (unpaired) electrons. The number of aryl methyl sites for hydroxylation is 1. The van der Waals surface area contributed by atoms with Crippen LogP contribution in [0.3, 0.4) is 0 Å². The summed E-state index contributed by atoms with van der Waals surface area (Å²) in [4.78, 5) is 9.30. The van der Waals surface area contributed by atoms with Crippen molar-refractivity contribution in [2.75, 3.05) is 0 Å². The molecular formula is C13H16N4O2. The molecule has 0 bridgehead atoms. The third-order valence-corrected chi connectivity index (χ3v) is 2.45. The van der Waals surface area contributed by atoms with Gasteiger partial charge in [-0.2, -0.15) is 4.98 Å². The lowest BCUT2D eigenvalue weighted by atomic mass is 10.1. The van der Waals surface area contributed by atoms with Crippen molar-refractivity contribution in [1.82, 2.24) is 10.1 Å². The third-order valence-electron chi connectivity index (χ3n) is 2.45. The SMILES string of the molecule is Cc1noc([C@@H](C)O/N=C(\N)Cc2ccccc2)n1. The van der Waals surface area contributed by atoms with Crippen LogP contribution in [0.25, 0.3) is 0 Å². The summed E-state index contributed by atoms with van der Waals surface area (Å²) < 4.78 is 4.98. The van der Waals surface area contributed by atoms with Gasteiger partial charge in [0, 0.05) is 6.42 Å². The van der Waals surface area contributed by atoms with Crippen LogP contribution >= 0.6 is 0 Å². The average molecular weight is 260 g/mol. The van der Waals surface area contributed by atoms with Gasteiger partial charge < -0.3 is 15.1 Å². The van der Waals surface area contributed by atoms with Crippen molar-refractivity contribution in [3.05, 3.63) is 47.6 Å². The number of hydrogen-bond acceptors (Lipinski definition) is 5. The van der Waals surface area contributed by atoms with Crippen molar-refractivity contribution < 1.29 is 9.36 Å². The van der Waals surface area contributed by atoms with Gasteiger partial charge in [-0.05, 0) is 19.4 Å². The number of hydrogen-bond donors (Lipinski definition) is 1. The number of rotatable bonds is 5. The van der Waals surface area contributed by atoms with Crippen LogP contribution < -0.4 is 5.73 Å². The Bertz CT molecular complexity index is 551. The zero-order chi connectivity index (χ0) is 13.7. The third kappa shape index (κ3) is 3.80. The fraction of sp³-hybridized carbons (Fsp3) is 0.308. The van der Waals surface area contributed by atoms with E-state index in [2.05, 4.69) is 15.3 Å². The van der Waals surface area contributed by atoms with E-state index in [-0.39, 0.29) is 0 Å². The first-order valence-corrected chi connectivity index (χ1v) is 5.97. The molecule has 0 unspecified atom stereocenters. The highest BCUT2D eigenvalue weighted by atomic mass is 16.6. The predicted molar refractivity (Wildman–Crippen MR) is 70.3 cm³/mol. The summed E-state index contributed by atoms with van der Waals surface area (Å²) in [6.07, 6.45) is 0.117. The van der Waals surface area contributed by atoms with Crippen LogP contribution in [-0.2, 0) is 11.3 Å². The first-order chi connectivity index (χ1) is 9.15. The maximum atomic E-state index is 5.80. The topological polar surface area (TPSA) is 86.5 Å². The van der Waals surface area contributed by atoms with Crippen LogP contribution in [-0.4, -0.2) is 16.0 Å². The highest BCUT2D eigenvalue weighted by Gasteiger charge is 2.14. The van der Waals surface area contributed by atoms with Crippen LogP contribution in [0.5, 0.6) is 0 Å². The first kappa shape index (κ1) is 13.1. The predicted octanol–water partition coefficient (Wildman–Crippen LogP) is 1.97. The van der Waals surface area contributed by atoms with E-state index >= 15 is 0 Å². The van der Waals surface area contributed by atoms with Crippen molar-refractivity contribution in [3.8, 4) is 0 Å². The molecule has 6 nitrogen and oxygen atoms in total. The normalized spacial score (nSPS) is 13.3. The van der Waals surface area contributed by atoms with Gasteiger partial charge in [0.15, 0.2) is 5.82 Å². The molecule has 2 rings (SSSR count). The average Bonchev–Trinajstić information content (AvgIpc) is 2.84. The number of benzene rings is 1. The molecule has 0 aliphatic carbocycles. The van der Waals surface area contributed by atoms with E-state index in [9.17, 15) is 0 Å². The van der Waals surface area contributed by atoms with E-state index in [1.807, 2.05) is 30.3 Å². The minimum absolute atomic E-state index is 0.383. The van der Waals surface area contributed by atoms with Gasteiger partial charge >= 0.3 is 0 Å². The summed E-state index contributed by atoms with van der Waals surface area (Å²) in [7, 11) is 0. The molecule has 0 aliphatic heterocycles. The van der Waals surface area contributed by atoms with E-state index in [1.54, 1.807) is 13.8 Å². The Morgan fingerprint density at radius 3 is 2.79 bits per heavy atom.